The molecule has 20 heavy (non-hydrogen) atoms. The van der Waals surface area contributed by atoms with Crippen molar-refractivity contribution in [3.63, 3.8) is 0 Å². The van der Waals surface area contributed by atoms with Crippen molar-refractivity contribution in [2.24, 2.45) is 16.7 Å². The van der Waals surface area contributed by atoms with E-state index in [4.69, 9.17) is 4.74 Å². The van der Waals surface area contributed by atoms with Crippen LogP contribution in [0.15, 0.2) is 24.3 Å². The van der Waals surface area contributed by atoms with Gasteiger partial charge >= 0.3 is 0 Å². The summed E-state index contributed by atoms with van der Waals surface area (Å²) in [6.45, 7) is 15.6. The molecule has 112 valence electrons. The van der Waals surface area contributed by atoms with Gasteiger partial charge in [0.25, 0.3) is 0 Å². The average molecular weight is 275 g/mol. The molecule has 0 bridgehead atoms. The van der Waals surface area contributed by atoms with Gasteiger partial charge in [0.15, 0.2) is 0 Å². The third kappa shape index (κ3) is 3.01. The fourth-order valence-electron chi connectivity index (χ4n) is 3.21. The van der Waals surface area contributed by atoms with Crippen LogP contribution in [-0.4, -0.2) is 12.6 Å². The van der Waals surface area contributed by atoms with Crippen molar-refractivity contribution in [3.05, 3.63) is 29.8 Å². The van der Waals surface area contributed by atoms with Crippen LogP contribution in [-0.2, 0) is 6.54 Å². The zero-order valence-electron chi connectivity index (χ0n) is 13.8. The first-order valence-corrected chi connectivity index (χ1v) is 7.71. The molecule has 2 nitrogen and oxygen atoms in total. The van der Waals surface area contributed by atoms with Crippen molar-refractivity contribution < 1.29 is 4.74 Å². The van der Waals surface area contributed by atoms with E-state index >= 15 is 0 Å². The van der Waals surface area contributed by atoms with E-state index < -0.39 is 0 Å². The topological polar surface area (TPSA) is 21.3 Å². The predicted molar refractivity (Wildman–Crippen MR) is 85.0 cm³/mol. The van der Waals surface area contributed by atoms with Gasteiger partial charge < -0.3 is 10.1 Å². The summed E-state index contributed by atoms with van der Waals surface area (Å²) in [6.07, 6.45) is 0.228. The highest BCUT2D eigenvalue weighted by atomic mass is 16.5. The minimum absolute atomic E-state index is 0.228. The molecular weight excluding hydrogens is 246 g/mol. The maximum atomic E-state index is 5.73. The SMILES string of the molecule is CC(C)Oc1cccc(CNCC2C(C)(C)C2(C)C)c1. The van der Waals surface area contributed by atoms with Gasteiger partial charge in [0, 0.05) is 6.54 Å². The lowest BCUT2D eigenvalue weighted by atomic mass is 10.0. The van der Waals surface area contributed by atoms with Crippen LogP contribution in [0.25, 0.3) is 0 Å². The first-order chi connectivity index (χ1) is 9.25. The highest BCUT2D eigenvalue weighted by Crippen LogP contribution is 2.67. The van der Waals surface area contributed by atoms with Gasteiger partial charge in [-0.05, 0) is 54.8 Å². The molecule has 0 aliphatic heterocycles. The lowest BCUT2D eigenvalue weighted by Crippen LogP contribution is -2.19. The zero-order valence-corrected chi connectivity index (χ0v) is 13.8. The van der Waals surface area contributed by atoms with E-state index in [1.807, 2.05) is 6.07 Å². The zero-order chi connectivity index (χ0) is 15.0. The summed E-state index contributed by atoms with van der Waals surface area (Å²) < 4.78 is 5.73. The number of nitrogens with one attached hydrogen (secondary N) is 1. The van der Waals surface area contributed by atoms with Crippen molar-refractivity contribution in [2.75, 3.05) is 6.54 Å². The first-order valence-electron chi connectivity index (χ1n) is 7.71. The van der Waals surface area contributed by atoms with Gasteiger partial charge in [-0.25, -0.2) is 0 Å². The molecule has 1 saturated carbocycles. The maximum absolute atomic E-state index is 5.73. The lowest BCUT2D eigenvalue weighted by Gasteiger charge is -2.11. The molecule has 1 fully saturated rings. The van der Waals surface area contributed by atoms with Gasteiger partial charge in [0.05, 0.1) is 6.10 Å². The molecule has 2 rings (SSSR count). The third-order valence-electron chi connectivity index (χ3n) is 5.27. The molecule has 1 aromatic rings. The van der Waals surface area contributed by atoms with Gasteiger partial charge in [-0.2, -0.15) is 0 Å². The van der Waals surface area contributed by atoms with Gasteiger partial charge in [0.1, 0.15) is 5.75 Å². The van der Waals surface area contributed by atoms with Crippen molar-refractivity contribution in [1.29, 1.82) is 0 Å². The highest BCUT2D eigenvalue weighted by Gasteiger charge is 2.63. The Morgan fingerprint density at radius 2 is 1.80 bits per heavy atom. The Bertz CT molecular complexity index is 448. The van der Waals surface area contributed by atoms with E-state index in [2.05, 4.69) is 65.1 Å². The standard InChI is InChI=1S/C18H29NO/c1-13(2)20-15-9-7-8-14(10-15)11-19-12-16-17(3,4)18(16,5)6/h7-10,13,16,19H,11-12H2,1-6H3. The van der Waals surface area contributed by atoms with Crippen LogP contribution in [0.4, 0.5) is 0 Å². The molecule has 1 aliphatic rings. The van der Waals surface area contributed by atoms with Gasteiger partial charge in [-0.15, -0.1) is 0 Å². The van der Waals surface area contributed by atoms with Gasteiger partial charge in [-0.1, -0.05) is 39.8 Å². The average Bonchev–Trinajstić information content (AvgIpc) is 2.71. The molecule has 1 N–H and O–H groups in total. The van der Waals surface area contributed by atoms with Crippen molar-refractivity contribution >= 4 is 0 Å². The molecule has 0 atom stereocenters. The van der Waals surface area contributed by atoms with E-state index in [9.17, 15) is 0 Å². The molecule has 1 aromatic carbocycles. The quantitative estimate of drug-likeness (QED) is 0.838. The molecule has 0 aromatic heterocycles. The Morgan fingerprint density at radius 1 is 1.15 bits per heavy atom. The first kappa shape index (κ1) is 15.4. The largest absolute Gasteiger partial charge is 0.491 e. The number of hydrogen-bond acceptors (Lipinski definition) is 2. The summed E-state index contributed by atoms with van der Waals surface area (Å²) >= 11 is 0. The Hall–Kier alpha value is -1.02. The minimum atomic E-state index is 0.228. The Kier molecular flexibility index (Phi) is 4.15. The van der Waals surface area contributed by atoms with Crippen LogP contribution >= 0.6 is 0 Å². The summed E-state index contributed by atoms with van der Waals surface area (Å²) in [7, 11) is 0. The molecule has 0 saturated heterocycles. The predicted octanol–water partition coefficient (Wildman–Crippen LogP) is 4.25. The number of hydrogen-bond donors (Lipinski definition) is 1. The third-order valence-corrected chi connectivity index (χ3v) is 5.27. The Balaban J connectivity index is 1.83. The monoisotopic (exact) mass is 275 g/mol. The van der Waals surface area contributed by atoms with Crippen LogP contribution in [0.3, 0.4) is 0 Å². The van der Waals surface area contributed by atoms with Crippen LogP contribution < -0.4 is 10.1 Å². The smallest absolute Gasteiger partial charge is 0.120 e. The molecule has 0 amide bonds. The molecule has 1 aliphatic carbocycles. The van der Waals surface area contributed by atoms with Crippen LogP contribution in [0, 0.1) is 16.7 Å². The van der Waals surface area contributed by atoms with E-state index in [0.717, 1.165) is 24.8 Å². The second-order valence-electron chi connectivity index (χ2n) is 7.44. The molecule has 0 radical (unpaired) electrons. The molecule has 0 spiro atoms. The normalized spacial score (nSPS) is 20.1. The van der Waals surface area contributed by atoms with Gasteiger partial charge in [0.2, 0.25) is 0 Å². The second-order valence-corrected chi connectivity index (χ2v) is 7.44. The van der Waals surface area contributed by atoms with Crippen LogP contribution in [0.5, 0.6) is 5.75 Å². The van der Waals surface area contributed by atoms with Crippen molar-refractivity contribution in [3.8, 4) is 5.75 Å². The van der Waals surface area contributed by atoms with Crippen molar-refractivity contribution in [1.82, 2.24) is 5.32 Å². The molecular formula is C18H29NO. The lowest BCUT2D eigenvalue weighted by molar-refractivity contribution is 0.242. The minimum Gasteiger partial charge on any atom is -0.491 e. The summed E-state index contributed by atoms with van der Waals surface area (Å²) in [5.74, 6) is 1.73. The van der Waals surface area contributed by atoms with E-state index in [1.165, 1.54) is 5.56 Å². The number of benzene rings is 1. The van der Waals surface area contributed by atoms with Crippen LogP contribution in [0.1, 0.15) is 47.1 Å². The molecule has 2 heteroatoms. The summed E-state index contributed by atoms with van der Waals surface area (Å²) in [6, 6.07) is 8.38. The summed E-state index contributed by atoms with van der Waals surface area (Å²) in [5, 5.41) is 3.60. The van der Waals surface area contributed by atoms with E-state index in [-0.39, 0.29) is 6.10 Å². The molecule has 0 unspecified atom stereocenters. The second kappa shape index (κ2) is 5.40. The summed E-state index contributed by atoms with van der Waals surface area (Å²) in [4.78, 5) is 0. The van der Waals surface area contributed by atoms with Crippen LogP contribution in [0.2, 0.25) is 0 Å². The summed E-state index contributed by atoms with van der Waals surface area (Å²) in [5.41, 5.74) is 2.21. The van der Waals surface area contributed by atoms with E-state index in [1.54, 1.807) is 0 Å². The fourth-order valence-corrected chi connectivity index (χ4v) is 3.21. The van der Waals surface area contributed by atoms with Gasteiger partial charge in [-0.3, -0.25) is 0 Å². The number of ether oxygens (including phenoxy) is 1. The van der Waals surface area contributed by atoms with E-state index in [0.29, 0.717) is 10.8 Å². The fraction of sp³-hybridized carbons (Fsp3) is 0.667. The molecule has 0 heterocycles. The van der Waals surface area contributed by atoms with Crippen molar-refractivity contribution in [2.45, 2.75) is 54.2 Å². The maximum Gasteiger partial charge on any atom is 0.120 e. The Labute approximate surface area is 123 Å². The Morgan fingerprint density at radius 3 is 2.35 bits per heavy atom. The highest BCUT2D eigenvalue weighted by molar-refractivity contribution is 5.28. The number of rotatable bonds is 6.